The summed E-state index contributed by atoms with van der Waals surface area (Å²) in [5.74, 6) is -0.577. The van der Waals surface area contributed by atoms with Gasteiger partial charge < -0.3 is 5.32 Å². The van der Waals surface area contributed by atoms with Gasteiger partial charge >= 0.3 is 0 Å². The maximum absolute atomic E-state index is 12.4. The second-order valence-corrected chi connectivity index (χ2v) is 6.71. The number of nitrogens with one attached hydrogen (secondary N) is 2. The van der Waals surface area contributed by atoms with Gasteiger partial charge in [0, 0.05) is 28.0 Å². The van der Waals surface area contributed by atoms with Gasteiger partial charge in [-0.2, -0.15) is 5.10 Å². The van der Waals surface area contributed by atoms with E-state index in [-0.39, 0.29) is 18.4 Å². The Kier molecular flexibility index (Phi) is 6.64. The highest BCUT2D eigenvalue weighted by Crippen LogP contribution is 2.10. The molecule has 0 saturated carbocycles. The number of halogens is 1. The largest absolute Gasteiger partial charge is 0.346 e. The summed E-state index contributed by atoms with van der Waals surface area (Å²) >= 11 is 3.35. The number of pyridine rings is 1. The molecule has 0 saturated heterocycles. The highest BCUT2D eigenvalue weighted by molar-refractivity contribution is 9.10. The van der Waals surface area contributed by atoms with Crippen LogP contribution in [0, 0.1) is 0 Å². The molecule has 28 heavy (non-hydrogen) atoms. The van der Waals surface area contributed by atoms with Crippen LogP contribution in [-0.2, 0) is 0 Å². The van der Waals surface area contributed by atoms with Crippen molar-refractivity contribution >= 4 is 33.5 Å². The van der Waals surface area contributed by atoms with E-state index in [1.807, 2.05) is 30.3 Å². The first-order chi connectivity index (χ1) is 13.6. The number of amides is 2. The number of rotatable bonds is 6. The summed E-state index contributed by atoms with van der Waals surface area (Å²) < 4.78 is 0.898. The van der Waals surface area contributed by atoms with Crippen LogP contribution in [0.2, 0.25) is 0 Å². The van der Waals surface area contributed by atoms with E-state index < -0.39 is 0 Å². The fourth-order valence-electron chi connectivity index (χ4n) is 2.39. The van der Waals surface area contributed by atoms with Crippen molar-refractivity contribution in [1.82, 2.24) is 15.7 Å². The topological polar surface area (TPSA) is 83.5 Å². The standard InChI is InChI=1S/C21H17BrN4O2/c22-18-8-6-16(7-9-18)20(27)24-14-19(15-4-2-1-3-5-15)25-26-21(28)17-10-12-23-13-11-17/h1-13H,14H2,(H,24,27)(H,26,28). The van der Waals surface area contributed by atoms with Crippen molar-refractivity contribution in [3.63, 3.8) is 0 Å². The van der Waals surface area contributed by atoms with Crippen LogP contribution < -0.4 is 10.7 Å². The molecule has 1 heterocycles. The quantitative estimate of drug-likeness (QED) is 0.458. The van der Waals surface area contributed by atoms with E-state index in [0.29, 0.717) is 16.8 Å². The molecule has 2 N–H and O–H groups in total. The molecule has 7 heteroatoms. The Morgan fingerprint density at radius 2 is 1.46 bits per heavy atom. The third-order valence-electron chi connectivity index (χ3n) is 3.86. The van der Waals surface area contributed by atoms with Gasteiger partial charge in [-0.15, -0.1) is 0 Å². The zero-order valence-corrected chi connectivity index (χ0v) is 16.4. The van der Waals surface area contributed by atoms with Gasteiger partial charge in [0.05, 0.1) is 12.3 Å². The molecule has 2 amide bonds. The van der Waals surface area contributed by atoms with Crippen LogP contribution in [0.1, 0.15) is 26.3 Å². The van der Waals surface area contributed by atoms with Crippen LogP contribution in [0.5, 0.6) is 0 Å². The highest BCUT2D eigenvalue weighted by Gasteiger charge is 2.10. The normalized spacial score (nSPS) is 11.0. The second kappa shape index (κ2) is 9.57. The second-order valence-electron chi connectivity index (χ2n) is 5.79. The summed E-state index contributed by atoms with van der Waals surface area (Å²) in [5, 5.41) is 7.06. The number of benzene rings is 2. The van der Waals surface area contributed by atoms with Crippen molar-refractivity contribution in [2.24, 2.45) is 5.10 Å². The van der Waals surface area contributed by atoms with E-state index in [4.69, 9.17) is 0 Å². The monoisotopic (exact) mass is 436 g/mol. The van der Waals surface area contributed by atoms with E-state index in [1.54, 1.807) is 36.4 Å². The van der Waals surface area contributed by atoms with Gasteiger partial charge in [-0.05, 0) is 42.0 Å². The number of aromatic nitrogens is 1. The molecule has 140 valence electrons. The number of carbonyl (C=O) groups excluding carboxylic acids is 2. The number of hydrogen-bond acceptors (Lipinski definition) is 4. The van der Waals surface area contributed by atoms with E-state index >= 15 is 0 Å². The smallest absolute Gasteiger partial charge is 0.271 e. The van der Waals surface area contributed by atoms with Gasteiger partial charge in [-0.25, -0.2) is 5.43 Å². The Morgan fingerprint density at radius 3 is 2.14 bits per heavy atom. The molecule has 0 spiro atoms. The summed E-state index contributed by atoms with van der Waals surface area (Å²) in [7, 11) is 0. The molecule has 0 unspecified atom stereocenters. The molecule has 0 radical (unpaired) electrons. The van der Waals surface area contributed by atoms with Crippen LogP contribution in [0.3, 0.4) is 0 Å². The van der Waals surface area contributed by atoms with Crippen molar-refractivity contribution in [3.05, 3.63) is 100 Å². The van der Waals surface area contributed by atoms with Crippen LogP contribution in [0.25, 0.3) is 0 Å². The third-order valence-corrected chi connectivity index (χ3v) is 4.39. The Bertz CT molecular complexity index is 974. The van der Waals surface area contributed by atoms with Gasteiger partial charge in [-0.3, -0.25) is 14.6 Å². The number of carbonyl (C=O) groups is 2. The minimum atomic E-state index is -0.352. The summed E-state index contributed by atoms with van der Waals surface area (Å²) in [4.78, 5) is 28.5. The Labute approximate surface area is 170 Å². The fraction of sp³-hybridized carbons (Fsp3) is 0.0476. The lowest BCUT2D eigenvalue weighted by atomic mass is 10.1. The Morgan fingerprint density at radius 1 is 0.821 bits per heavy atom. The first-order valence-corrected chi connectivity index (χ1v) is 9.29. The lowest BCUT2D eigenvalue weighted by Crippen LogP contribution is -2.32. The summed E-state index contributed by atoms with van der Waals surface area (Å²) in [6, 6.07) is 19.6. The molecular formula is C21H17BrN4O2. The highest BCUT2D eigenvalue weighted by atomic mass is 79.9. The molecule has 0 aliphatic heterocycles. The lowest BCUT2D eigenvalue weighted by Gasteiger charge is -2.10. The summed E-state index contributed by atoms with van der Waals surface area (Å²) in [5.41, 5.74) is 4.86. The predicted molar refractivity (Wildman–Crippen MR) is 111 cm³/mol. The zero-order valence-electron chi connectivity index (χ0n) is 14.8. The maximum atomic E-state index is 12.4. The van der Waals surface area contributed by atoms with Crippen LogP contribution in [-0.4, -0.2) is 29.1 Å². The molecule has 3 rings (SSSR count). The Hall–Kier alpha value is -3.32. The fourth-order valence-corrected chi connectivity index (χ4v) is 2.65. The molecule has 2 aromatic carbocycles. The zero-order chi connectivity index (χ0) is 19.8. The first-order valence-electron chi connectivity index (χ1n) is 8.49. The lowest BCUT2D eigenvalue weighted by molar-refractivity contribution is 0.0951. The average molecular weight is 437 g/mol. The summed E-state index contributed by atoms with van der Waals surface area (Å²) in [6.45, 7) is 0.162. The van der Waals surface area contributed by atoms with E-state index in [0.717, 1.165) is 10.0 Å². The maximum Gasteiger partial charge on any atom is 0.271 e. The molecule has 6 nitrogen and oxygen atoms in total. The Balaban J connectivity index is 1.73. The van der Waals surface area contributed by atoms with E-state index in [9.17, 15) is 9.59 Å². The van der Waals surface area contributed by atoms with Gasteiger partial charge in [0.15, 0.2) is 0 Å². The van der Waals surface area contributed by atoms with Crippen molar-refractivity contribution in [1.29, 1.82) is 0 Å². The van der Waals surface area contributed by atoms with Crippen molar-refractivity contribution in [2.45, 2.75) is 0 Å². The molecule has 0 aliphatic carbocycles. The van der Waals surface area contributed by atoms with Gasteiger partial charge in [0.2, 0.25) is 0 Å². The van der Waals surface area contributed by atoms with Gasteiger partial charge in [0.1, 0.15) is 0 Å². The minimum Gasteiger partial charge on any atom is -0.346 e. The van der Waals surface area contributed by atoms with Crippen molar-refractivity contribution in [3.8, 4) is 0 Å². The third kappa shape index (κ3) is 5.34. The molecule has 1 aromatic heterocycles. The number of nitrogens with zero attached hydrogens (tertiary/aromatic N) is 2. The van der Waals surface area contributed by atoms with Gasteiger partial charge in [-0.1, -0.05) is 46.3 Å². The molecule has 0 fully saturated rings. The van der Waals surface area contributed by atoms with Crippen molar-refractivity contribution in [2.75, 3.05) is 6.54 Å². The van der Waals surface area contributed by atoms with Crippen LogP contribution >= 0.6 is 15.9 Å². The first kappa shape index (κ1) is 19.4. The predicted octanol–water partition coefficient (Wildman–Crippen LogP) is 3.41. The molecule has 0 bridgehead atoms. The summed E-state index contributed by atoms with van der Waals surface area (Å²) in [6.07, 6.45) is 3.07. The van der Waals surface area contributed by atoms with Crippen molar-refractivity contribution < 1.29 is 9.59 Å². The molecular weight excluding hydrogens is 420 g/mol. The van der Waals surface area contributed by atoms with Gasteiger partial charge in [0.25, 0.3) is 11.8 Å². The number of hydrazone groups is 1. The number of hydrogen-bond donors (Lipinski definition) is 2. The minimum absolute atomic E-state index is 0.162. The SMILES string of the molecule is O=C(NCC(=NNC(=O)c1ccncc1)c1ccccc1)c1ccc(Br)cc1. The molecule has 3 aromatic rings. The van der Waals surface area contributed by atoms with Crippen LogP contribution in [0.15, 0.2) is 88.7 Å². The van der Waals surface area contributed by atoms with E-state index in [2.05, 4.69) is 36.8 Å². The van der Waals surface area contributed by atoms with E-state index in [1.165, 1.54) is 12.4 Å². The molecule has 0 aliphatic rings. The van der Waals surface area contributed by atoms with Crippen LogP contribution in [0.4, 0.5) is 0 Å². The average Bonchev–Trinajstić information content (AvgIpc) is 2.75. The molecule has 0 atom stereocenters.